The van der Waals surface area contributed by atoms with Crippen LogP contribution in [0.15, 0.2) is 46.9 Å². The number of hydrogen-bond donors (Lipinski definition) is 3. The summed E-state index contributed by atoms with van der Waals surface area (Å²) in [6.45, 7) is 5.13. The molecule has 0 saturated heterocycles. The number of aliphatic hydroxyl groups is 2. The fraction of sp³-hybridized carbons (Fsp3) is 0.350. The standard InChI is InChI=1S/C20H23NO5/c1-20(2,3)26-19(24)21-11-15(22)18(23)12-8-9-17-14(10-12)13-6-4-5-7-16(13)25-17/h4-10,15,18,22-23H,11H2,1-3H3,(H,21,24). The molecule has 6 heteroatoms. The fourth-order valence-corrected chi connectivity index (χ4v) is 2.76. The van der Waals surface area contributed by atoms with Crippen LogP contribution in [0.2, 0.25) is 0 Å². The van der Waals surface area contributed by atoms with Crippen LogP contribution in [0.25, 0.3) is 21.9 Å². The minimum absolute atomic E-state index is 0.125. The van der Waals surface area contributed by atoms with Gasteiger partial charge in [0.1, 0.15) is 29.0 Å². The van der Waals surface area contributed by atoms with Crippen molar-refractivity contribution in [2.24, 2.45) is 0 Å². The number of furan rings is 1. The van der Waals surface area contributed by atoms with Crippen LogP contribution in [0.1, 0.15) is 32.4 Å². The Labute approximate surface area is 151 Å². The van der Waals surface area contributed by atoms with E-state index in [9.17, 15) is 15.0 Å². The molecule has 0 spiro atoms. The van der Waals surface area contributed by atoms with Gasteiger partial charge in [0.05, 0.1) is 0 Å². The monoisotopic (exact) mass is 357 g/mol. The van der Waals surface area contributed by atoms with Gasteiger partial charge in [0.15, 0.2) is 0 Å². The van der Waals surface area contributed by atoms with Crippen LogP contribution in [0, 0.1) is 0 Å². The van der Waals surface area contributed by atoms with Gasteiger partial charge in [0.25, 0.3) is 0 Å². The molecule has 0 aliphatic heterocycles. The normalized spacial score (nSPS) is 14.3. The largest absolute Gasteiger partial charge is 0.456 e. The highest BCUT2D eigenvalue weighted by atomic mass is 16.6. The number of aliphatic hydroxyl groups excluding tert-OH is 2. The number of alkyl carbamates (subject to hydrolysis) is 1. The van der Waals surface area contributed by atoms with Gasteiger partial charge in [-0.15, -0.1) is 0 Å². The van der Waals surface area contributed by atoms with Gasteiger partial charge in [-0.3, -0.25) is 0 Å². The summed E-state index contributed by atoms with van der Waals surface area (Å²) < 4.78 is 10.9. The topological polar surface area (TPSA) is 91.9 Å². The van der Waals surface area contributed by atoms with Crippen molar-refractivity contribution in [1.29, 1.82) is 0 Å². The quantitative estimate of drug-likeness (QED) is 0.665. The third-order valence-corrected chi connectivity index (χ3v) is 3.96. The first-order chi connectivity index (χ1) is 12.2. The predicted molar refractivity (Wildman–Crippen MR) is 98.9 cm³/mol. The van der Waals surface area contributed by atoms with Crippen LogP contribution in [-0.4, -0.2) is 34.6 Å². The lowest BCUT2D eigenvalue weighted by Crippen LogP contribution is -2.38. The van der Waals surface area contributed by atoms with Crippen molar-refractivity contribution >= 4 is 28.0 Å². The zero-order valence-electron chi connectivity index (χ0n) is 15.0. The summed E-state index contributed by atoms with van der Waals surface area (Å²) >= 11 is 0. The molecule has 3 rings (SSSR count). The maximum absolute atomic E-state index is 11.7. The molecule has 3 N–H and O–H groups in total. The van der Waals surface area contributed by atoms with Gasteiger partial charge >= 0.3 is 6.09 Å². The first kappa shape index (κ1) is 18.2. The van der Waals surface area contributed by atoms with Crippen molar-refractivity contribution in [3.8, 4) is 0 Å². The third-order valence-electron chi connectivity index (χ3n) is 3.96. The summed E-state index contributed by atoms with van der Waals surface area (Å²) in [5, 5.41) is 24.9. The summed E-state index contributed by atoms with van der Waals surface area (Å²) in [4.78, 5) is 11.7. The molecule has 0 radical (unpaired) electrons. The summed E-state index contributed by atoms with van der Waals surface area (Å²) in [5.41, 5.74) is 1.40. The number of fused-ring (bicyclic) bond motifs is 3. The van der Waals surface area contributed by atoms with Crippen LogP contribution >= 0.6 is 0 Å². The van der Waals surface area contributed by atoms with Gasteiger partial charge in [-0.1, -0.05) is 24.3 Å². The van der Waals surface area contributed by atoms with E-state index in [0.717, 1.165) is 16.4 Å². The van der Waals surface area contributed by atoms with E-state index in [-0.39, 0.29) is 6.54 Å². The molecular weight excluding hydrogens is 334 g/mol. The van der Waals surface area contributed by atoms with E-state index in [1.165, 1.54) is 0 Å². The Balaban J connectivity index is 1.73. The number of para-hydroxylation sites is 1. The molecule has 0 fully saturated rings. The number of benzene rings is 2. The van der Waals surface area contributed by atoms with Crippen LogP contribution < -0.4 is 5.32 Å². The minimum Gasteiger partial charge on any atom is -0.456 e. The van der Waals surface area contributed by atoms with E-state index in [1.807, 2.05) is 24.3 Å². The average Bonchev–Trinajstić information content (AvgIpc) is 2.95. The average molecular weight is 357 g/mol. The van der Waals surface area contributed by atoms with Gasteiger partial charge in [-0.05, 0) is 44.5 Å². The molecule has 0 bridgehead atoms. The zero-order chi connectivity index (χ0) is 18.9. The Morgan fingerprint density at radius 3 is 2.54 bits per heavy atom. The minimum atomic E-state index is -1.17. The van der Waals surface area contributed by atoms with Crippen LogP contribution in [-0.2, 0) is 4.74 Å². The fourth-order valence-electron chi connectivity index (χ4n) is 2.76. The van der Waals surface area contributed by atoms with Crippen LogP contribution in [0.4, 0.5) is 4.79 Å². The van der Waals surface area contributed by atoms with Crippen molar-refractivity contribution in [1.82, 2.24) is 5.32 Å². The van der Waals surface area contributed by atoms with Gasteiger partial charge in [-0.2, -0.15) is 0 Å². The summed E-state index contributed by atoms with van der Waals surface area (Å²) in [6.07, 6.45) is -2.96. The SMILES string of the molecule is CC(C)(C)OC(=O)NCC(O)C(O)c1ccc2oc3ccccc3c2c1. The van der Waals surface area contributed by atoms with E-state index in [1.54, 1.807) is 39.0 Å². The van der Waals surface area contributed by atoms with E-state index in [4.69, 9.17) is 9.15 Å². The smallest absolute Gasteiger partial charge is 0.407 e. The highest BCUT2D eigenvalue weighted by Crippen LogP contribution is 2.31. The lowest BCUT2D eigenvalue weighted by Gasteiger charge is -2.22. The van der Waals surface area contributed by atoms with E-state index >= 15 is 0 Å². The molecule has 1 heterocycles. The van der Waals surface area contributed by atoms with Gasteiger partial charge < -0.3 is 24.7 Å². The maximum atomic E-state index is 11.7. The number of amides is 1. The number of carbonyl (C=O) groups is 1. The summed E-state index contributed by atoms with van der Waals surface area (Å²) in [5.74, 6) is 0. The third kappa shape index (κ3) is 3.98. The molecule has 1 aromatic heterocycles. The molecule has 2 atom stereocenters. The van der Waals surface area contributed by atoms with Crippen molar-refractivity contribution < 1.29 is 24.2 Å². The second-order valence-corrected chi connectivity index (χ2v) is 7.25. The molecule has 0 saturated carbocycles. The first-order valence-corrected chi connectivity index (χ1v) is 8.49. The molecule has 1 amide bonds. The Hall–Kier alpha value is -2.57. The zero-order valence-corrected chi connectivity index (χ0v) is 15.0. The van der Waals surface area contributed by atoms with E-state index in [2.05, 4.69) is 5.32 Å². The highest BCUT2D eigenvalue weighted by Gasteiger charge is 2.22. The van der Waals surface area contributed by atoms with Crippen molar-refractivity contribution in [2.75, 3.05) is 6.54 Å². The molecular formula is C20H23NO5. The van der Waals surface area contributed by atoms with Crippen molar-refractivity contribution in [3.63, 3.8) is 0 Å². The Bertz CT molecular complexity index is 925. The lowest BCUT2D eigenvalue weighted by molar-refractivity contribution is 0.0130. The Morgan fingerprint density at radius 2 is 1.81 bits per heavy atom. The highest BCUT2D eigenvalue weighted by molar-refractivity contribution is 6.05. The summed E-state index contributed by atoms with van der Waals surface area (Å²) in [7, 11) is 0. The molecule has 3 aromatic rings. The molecule has 0 aliphatic rings. The van der Waals surface area contributed by atoms with Crippen LogP contribution in [0.3, 0.4) is 0 Å². The molecule has 26 heavy (non-hydrogen) atoms. The van der Waals surface area contributed by atoms with Crippen molar-refractivity contribution in [2.45, 2.75) is 38.6 Å². The molecule has 6 nitrogen and oxygen atoms in total. The Kier molecular flexibility index (Phi) is 4.89. The first-order valence-electron chi connectivity index (χ1n) is 8.49. The predicted octanol–water partition coefficient (Wildman–Crippen LogP) is 3.51. The molecule has 2 aromatic carbocycles. The number of rotatable bonds is 4. The number of carbonyl (C=O) groups excluding carboxylic acids is 1. The second-order valence-electron chi connectivity index (χ2n) is 7.25. The van der Waals surface area contributed by atoms with Crippen molar-refractivity contribution in [3.05, 3.63) is 48.0 Å². The summed E-state index contributed by atoms with van der Waals surface area (Å²) in [6, 6.07) is 12.9. The Morgan fingerprint density at radius 1 is 1.12 bits per heavy atom. The van der Waals surface area contributed by atoms with E-state index in [0.29, 0.717) is 11.1 Å². The second kappa shape index (κ2) is 6.97. The lowest BCUT2D eigenvalue weighted by atomic mass is 10.0. The number of hydrogen-bond acceptors (Lipinski definition) is 5. The molecule has 2 unspecified atom stereocenters. The molecule has 0 aliphatic carbocycles. The molecule has 138 valence electrons. The number of nitrogens with one attached hydrogen (secondary N) is 1. The van der Waals surface area contributed by atoms with E-state index < -0.39 is 23.9 Å². The van der Waals surface area contributed by atoms with Gasteiger partial charge in [0.2, 0.25) is 0 Å². The van der Waals surface area contributed by atoms with Crippen LogP contribution in [0.5, 0.6) is 0 Å². The maximum Gasteiger partial charge on any atom is 0.407 e. The van der Waals surface area contributed by atoms with Gasteiger partial charge in [0, 0.05) is 17.3 Å². The van der Waals surface area contributed by atoms with Gasteiger partial charge in [-0.25, -0.2) is 4.79 Å². The number of ether oxygens (including phenoxy) is 1.